The van der Waals surface area contributed by atoms with Gasteiger partial charge in [0.1, 0.15) is 40.5 Å². The van der Waals surface area contributed by atoms with Gasteiger partial charge < -0.3 is 14.4 Å². The zero-order valence-corrected chi connectivity index (χ0v) is 29.2. The topological polar surface area (TPSA) is 116 Å². The van der Waals surface area contributed by atoms with Crippen molar-refractivity contribution in [3.8, 4) is 11.3 Å². The van der Waals surface area contributed by atoms with Crippen molar-refractivity contribution < 1.29 is 41.2 Å². The van der Waals surface area contributed by atoms with Crippen LogP contribution in [0.3, 0.4) is 0 Å². The number of nitrogens with zero attached hydrogens (tertiary/aromatic N) is 3. The van der Waals surface area contributed by atoms with E-state index in [4.69, 9.17) is 9.47 Å². The first kappa shape index (κ1) is 36.2. The van der Waals surface area contributed by atoms with E-state index in [0.717, 1.165) is 41.9 Å². The van der Waals surface area contributed by atoms with Crippen molar-refractivity contribution in [2.75, 3.05) is 24.2 Å². The fourth-order valence-electron chi connectivity index (χ4n) is 6.78. The Bertz CT molecular complexity index is 1810. The summed E-state index contributed by atoms with van der Waals surface area (Å²) in [5.74, 6) is -4.45. The fraction of sp³-hybridized carbons (Fsp3) is 0.472. The number of carbonyl (C=O) groups is 3. The minimum absolute atomic E-state index is 0.0284. The van der Waals surface area contributed by atoms with Crippen LogP contribution in [0.15, 0.2) is 35.4 Å². The molecule has 0 saturated carbocycles. The lowest BCUT2D eigenvalue weighted by molar-refractivity contribution is -0.156. The minimum Gasteiger partial charge on any atom is -0.460 e. The van der Waals surface area contributed by atoms with Crippen molar-refractivity contribution in [3.05, 3.63) is 70.4 Å². The molecule has 1 aromatic carbocycles. The maximum Gasteiger partial charge on any atom is 0.306 e. The lowest BCUT2D eigenvalue weighted by atomic mass is 9.87. The van der Waals surface area contributed by atoms with Crippen molar-refractivity contribution in [1.82, 2.24) is 9.97 Å². The van der Waals surface area contributed by atoms with E-state index >= 15 is 0 Å². The molecule has 9 nitrogen and oxygen atoms in total. The molecule has 1 aliphatic carbocycles. The summed E-state index contributed by atoms with van der Waals surface area (Å²) in [4.78, 5) is 49.1. The molecule has 0 spiro atoms. The van der Waals surface area contributed by atoms with E-state index in [1.54, 1.807) is 6.20 Å². The number of rotatable bonds is 9. The first-order valence-corrected chi connectivity index (χ1v) is 17.7. The second-order valence-electron chi connectivity index (χ2n) is 13.9. The number of hydrogen-bond acceptors (Lipinski definition) is 9. The van der Waals surface area contributed by atoms with Crippen LogP contribution in [-0.2, 0) is 42.7 Å². The Morgan fingerprint density at radius 1 is 1.06 bits per heavy atom. The summed E-state index contributed by atoms with van der Waals surface area (Å²) in [6.07, 6.45) is 4.14. The zero-order chi connectivity index (χ0) is 35.8. The van der Waals surface area contributed by atoms with Crippen LogP contribution in [0, 0.1) is 29.3 Å². The van der Waals surface area contributed by atoms with Gasteiger partial charge in [-0.1, -0.05) is 6.92 Å². The maximum atomic E-state index is 15.0. The molecule has 262 valence electrons. The molecule has 1 aliphatic heterocycles. The van der Waals surface area contributed by atoms with Gasteiger partial charge in [-0.25, -0.2) is 18.2 Å². The summed E-state index contributed by atoms with van der Waals surface area (Å²) in [6.45, 7) is 10.0. The predicted octanol–water partition coefficient (Wildman–Crippen LogP) is 6.47. The molecule has 49 heavy (non-hydrogen) atoms. The second kappa shape index (κ2) is 14.4. The standard InChI is InChI=1S/C36H40F3N3O6S/c1-19-11-21(12-31(45)48-36(3,4)5)18-42(17-19)35-22(16-40-33-24(35)7-10-30(33)47-20(2)43)13-29(44)28-9-8-25(37)34(41-28)32-26(38)14-23(49(6)46)15-27(32)39/h8-9,14-16,19,21,30H,7,10-13,17-18H2,1-6H3/t19-,21-,30?,49?/m1/s1. The van der Waals surface area contributed by atoms with Gasteiger partial charge in [-0.15, -0.1) is 0 Å². The lowest BCUT2D eigenvalue weighted by Gasteiger charge is -2.39. The molecule has 13 heteroatoms. The summed E-state index contributed by atoms with van der Waals surface area (Å²) in [5, 5.41) is 0. The zero-order valence-electron chi connectivity index (χ0n) is 28.4. The molecule has 2 aromatic heterocycles. The third-order valence-corrected chi connectivity index (χ3v) is 9.43. The van der Waals surface area contributed by atoms with Gasteiger partial charge in [0.15, 0.2) is 5.78 Å². The number of ether oxygens (including phenoxy) is 2. The van der Waals surface area contributed by atoms with Gasteiger partial charge in [-0.3, -0.25) is 23.6 Å². The van der Waals surface area contributed by atoms with Crippen LogP contribution in [-0.4, -0.2) is 56.8 Å². The van der Waals surface area contributed by atoms with Gasteiger partial charge in [-0.05, 0) is 76.1 Å². The van der Waals surface area contributed by atoms with E-state index in [0.29, 0.717) is 37.2 Å². The summed E-state index contributed by atoms with van der Waals surface area (Å²) in [7, 11) is -1.68. The molecule has 4 atom stereocenters. The fourth-order valence-corrected chi connectivity index (χ4v) is 7.32. The number of pyridine rings is 2. The number of Topliss-reactive ketones (excluding diaryl/α,β-unsaturated/α-hetero) is 1. The van der Waals surface area contributed by atoms with Crippen molar-refractivity contribution in [2.24, 2.45) is 11.8 Å². The number of fused-ring (bicyclic) bond motifs is 1. The van der Waals surface area contributed by atoms with Gasteiger partial charge in [0.25, 0.3) is 0 Å². The highest BCUT2D eigenvalue weighted by atomic mass is 32.2. The molecule has 2 aliphatic rings. The Morgan fingerprint density at radius 3 is 2.39 bits per heavy atom. The average Bonchev–Trinajstić information content (AvgIpc) is 3.37. The first-order chi connectivity index (χ1) is 23.0. The maximum absolute atomic E-state index is 15.0. The number of esters is 2. The molecule has 0 bridgehead atoms. The molecular weight excluding hydrogens is 659 g/mol. The van der Waals surface area contributed by atoms with Crippen molar-refractivity contribution >= 4 is 34.2 Å². The number of benzene rings is 1. The molecule has 3 heterocycles. The van der Waals surface area contributed by atoms with Crippen molar-refractivity contribution in [2.45, 2.75) is 83.3 Å². The Balaban J connectivity index is 1.50. The summed E-state index contributed by atoms with van der Waals surface area (Å²) >= 11 is 0. The average molecular weight is 700 g/mol. The van der Waals surface area contributed by atoms with Crippen LogP contribution < -0.4 is 4.90 Å². The molecular formula is C36H40F3N3O6S. The van der Waals surface area contributed by atoms with E-state index in [1.165, 1.54) is 13.2 Å². The molecule has 2 unspecified atom stereocenters. The minimum atomic E-state index is -1.68. The Kier molecular flexibility index (Phi) is 10.6. The summed E-state index contributed by atoms with van der Waals surface area (Å²) < 4.78 is 67.9. The number of carbonyl (C=O) groups excluding carboxylic acids is 3. The number of ketones is 1. The lowest BCUT2D eigenvalue weighted by Crippen LogP contribution is -2.42. The number of piperidine rings is 1. The van der Waals surface area contributed by atoms with Gasteiger partial charge in [0.05, 0.1) is 17.7 Å². The highest BCUT2D eigenvalue weighted by Gasteiger charge is 2.36. The highest BCUT2D eigenvalue weighted by Crippen LogP contribution is 2.42. The first-order valence-electron chi connectivity index (χ1n) is 16.2. The van der Waals surface area contributed by atoms with Crippen LogP contribution in [0.4, 0.5) is 18.9 Å². The predicted molar refractivity (Wildman–Crippen MR) is 177 cm³/mol. The highest BCUT2D eigenvalue weighted by molar-refractivity contribution is 7.84. The second-order valence-corrected chi connectivity index (χ2v) is 15.3. The van der Waals surface area contributed by atoms with Gasteiger partial charge >= 0.3 is 11.9 Å². The van der Waals surface area contributed by atoms with Crippen LogP contribution in [0.5, 0.6) is 0 Å². The molecule has 1 saturated heterocycles. The smallest absolute Gasteiger partial charge is 0.306 e. The SMILES string of the molecule is CC(=O)OC1CCc2c1ncc(CC(=O)c1ccc(F)c(-c3c(F)cc(S(C)=O)cc3F)n1)c2N1C[C@H](C)C[C@H](CC(=O)OC(C)(C)C)C1. The number of halogens is 3. The number of anilines is 1. The third-order valence-electron chi connectivity index (χ3n) is 8.53. The quantitative estimate of drug-likeness (QED) is 0.183. The Labute approximate surface area is 286 Å². The number of aromatic nitrogens is 2. The summed E-state index contributed by atoms with van der Waals surface area (Å²) in [6, 6.07) is 3.79. The largest absolute Gasteiger partial charge is 0.460 e. The van der Waals surface area contributed by atoms with E-state index in [1.807, 2.05) is 20.8 Å². The van der Waals surface area contributed by atoms with Crippen LogP contribution in [0.2, 0.25) is 0 Å². The molecule has 3 aromatic rings. The van der Waals surface area contributed by atoms with E-state index in [2.05, 4.69) is 21.8 Å². The summed E-state index contributed by atoms with van der Waals surface area (Å²) in [5.41, 5.74) is 0.482. The number of hydrogen-bond donors (Lipinski definition) is 0. The van der Waals surface area contributed by atoms with E-state index < -0.39 is 63.0 Å². The van der Waals surface area contributed by atoms with Gasteiger partial charge in [0.2, 0.25) is 0 Å². The van der Waals surface area contributed by atoms with Crippen LogP contribution in [0.1, 0.15) is 87.3 Å². The van der Waals surface area contributed by atoms with E-state index in [-0.39, 0.29) is 41.2 Å². The normalized spacial score (nSPS) is 19.7. The Morgan fingerprint density at radius 2 is 1.76 bits per heavy atom. The van der Waals surface area contributed by atoms with Crippen molar-refractivity contribution in [1.29, 1.82) is 0 Å². The van der Waals surface area contributed by atoms with E-state index in [9.17, 15) is 31.8 Å². The molecule has 5 rings (SSSR count). The Hall–Kier alpha value is -4.13. The van der Waals surface area contributed by atoms with Gasteiger partial charge in [0, 0.05) is 71.4 Å². The molecule has 0 radical (unpaired) electrons. The van der Waals surface area contributed by atoms with Crippen molar-refractivity contribution in [3.63, 3.8) is 0 Å². The molecule has 0 amide bonds. The van der Waals surface area contributed by atoms with Crippen LogP contribution >= 0.6 is 0 Å². The molecule has 1 fully saturated rings. The monoisotopic (exact) mass is 699 g/mol. The third kappa shape index (κ3) is 8.37. The van der Waals surface area contributed by atoms with Gasteiger partial charge in [-0.2, -0.15) is 0 Å². The molecule has 0 N–H and O–H groups in total. The van der Waals surface area contributed by atoms with Crippen LogP contribution in [0.25, 0.3) is 11.3 Å².